The van der Waals surface area contributed by atoms with Crippen molar-refractivity contribution in [3.63, 3.8) is 0 Å². The van der Waals surface area contributed by atoms with Gasteiger partial charge >= 0.3 is 0 Å². The second-order valence-electron chi connectivity index (χ2n) is 10.4. The zero-order valence-electron chi connectivity index (χ0n) is 22.9. The van der Waals surface area contributed by atoms with Gasteiger partial charge in [0.15, 0.2) is 0 Å². The predicted octanol–water partition coefficient (Wildman–Crippen LogP) is 6.48. The van der Waals surface area contributed by atoms with E-state index in [2.05, 4.69) is 5.32 Å². The number of hydrogen-bond acceptors (Lipinski definition) is 4. The number of rotatable bonds is 9. The van der Waals surface area contributed by atoms with E-state index >= 15 is 0 Å². The molecule has 11 heteroatoms. The van der Waals surface area contributed by atoms with Crippen LogP contribution in [0.3, 0.4) is 0 Å². The second kappa shape index (κ2) is 12.8. The molecule has 0 aromatic heterocycles. The summed E-state index contributed by atoms with van der Waals surface area (Å²) in [6, 6.07) is 16.6. The summed E-state index contributed by atoms with van der Waals surface area (Å²) < 4.78 is 28.7. The molecule has 0 heterocycles. The van der Waals surface area contributed by atoms with E-state index in [1.165, 1.54) is 23.1 Å². The number of aryl methyl sites for hydroxylation is 1. The fraction of sp³-hybridized carbons (Fsp3) is 0.310. The van der Waals surface area contributed by atoms with Crippen LogP contribution in [0.1, 0.15) is 38.8 Å². The molecule has 0 fully saturated rings. The van der Waals surface area contributed by atoms with Gasteiger partial charge in [-0.2, -0.15) is 0 Å². The van der Waals surface area contributed by atoms with E-state index in [0.29, 0.717) is 15.6 Å². The summed E-state index contributed by atoms with van der Waals surface area (Å²) in [5.74, 6) is -1.07. The zero-order chi connectivity index (χ0) is 29.8. The Kier molecular flexibility index (Phi) is 10.2. The highest BCUT2D eigenvalue weighted by molar-refractivity contribution is 7.92. The quantitative estimate of drug-likeness (QED) is 0.295. The molecule has 3 rings (SSSR count). The molecule has 0 aliphatic heterocycles. The maximum Gasteiger partial charge on any atom is 0.264 e. The van der Waals surface area contributed by atoms with E-state index in [1.54, 1.807) is 55.5 Å². The molecule has 0 radical (unpaired) electrons. The van der Waals surface area contributed by atoms with Crippen LogP contribution in [0.5, 0.6) is 0 Å². The van der Waals surface area contributed by atoms with Crippen LogP contribution in [0.25, 0.3) is 0 Å². The highest BCUT2D eigenvalue weighted by Gasteiger charge is 2.34. The number of hydrogen-bond donors (Lipinski definition) is 1. The van der Waals surface area contributed by atoms with Crippen molar-refractivity contribution in [1.29, 1.82) is 0 Å². The first kappa shape index (κ1) is 31.7. The van der Waals surface area contributed by atoms with Crippen LogP contribution in [-0.4, -0.2) is 43.3 Å². The Morgan fingerprint density at radius 2 is 1.43 bits per heavy atom. The molecule has 0 saturated carbocycles. The third-order valence-corrected chi connectivity index (χ3v) is 8.87. The third kappa shape index (κ3) is 7.69. The number of halogens is 3. The van der Waals surface area contributed by atoms with Crippen LogP contribution < -0.4 is 9.62 Å². The minimum atomic E-state index is -4.24. The molecule has 3 aromatic rings. The molecule has 0 saturated heterocycles. The molecule has 0 unspecified atom stereocenters. The fourth-order valence-electron chi connectivity index (χ4n) is 3.92. The predicted molar refractivity (Wildman–Crippen MR) is 162 cm³/mol. The minimum Gasteiger partial charge on any atom is -0.350 e. The molecule has 0 aliphatic carbocycles. The molecular formula is C29H32Cl3N3O4S. The number of carbonyl (C=O) groups is 2. The average molecular weight is 625 g/mol. The first-order valence-electron chi connectivity index (χ1n) is 12.5. The smallest absolute Gasteiger partial charge is 0.264 e. The van der Waals surface area contributed by atoms with Gasteiger partial charge in [0.1, 0.15) is 12.6 Å². The van der Waals surface area contributed by atoms with Crippen LogP contribution in [0.15, 0.2) is 71.6 Å². The molecule has 0 aliphatic rings. The van der Waals surface area contributed by atoms with Gasteiger partial charge in [-0.05, 0) is 71.0 Å². The van der Waals surface area contributed by atoms with Gasteiger partial charge in [-0.25, -0.2) is 8.42 Å². The van der Waals surface area contributed by atoms with Gasteiger partial charge in [0.25, 0.3) is 10.0 Å². The Hall–Kier alpha value is -2.78. The number of amides is 2. The average Bonchev–Trinajstić information content (AvgIpc) is 2.86. The van der Waals surface area contributed by atoms with Crippen molar-refractivity contribution >= 4 is 62.3 Å². The summed E-state index contributed by atoms with van der Waals surface area (Å²) in [6.45, 7) is 8.11. The van der Waals surface area contributed by atoms with E-state index in [-0.39, 0.29) is 22.2 Å². The minimum absolute atomic E-state index is 0.00922. The normalized spacial score (nSPS) is 12.5. The molecule has 1 N–H and O–H groups in total. The Bertz CT molecular complexity index is 1470. The molecule has 0 bridgehead atoms. The van der Waals surface area contributed by atoms with Crippen LogP contribution in [0, 0.1) is 6.92 Å². The van der Waals surface area contributed by atoms with Crippen LogP contribution >= 0.6 is 34.8 Å². The maximum atomic E-state index is 14.0. The summed E-state index contributed by atoms with van der Waals surface area (Å²) in [5, 5.41) is 3.64. The van der Waals surface area contributed by atoms with Gasteiger partial charge in [-0.1, -0.05) is 70.7 Å². The lowest BCUT2D eigenvalue weighted by Gasteiger charge is -2.34. The molecule has 2 amide bonds. The van der Waals surface area contributed by atoms with Crippen molar-refractivity contribution in [2.24, 2.45) is 0 Å². The van der Waals surface area contributed by atoms with Crippen molar-refractivity contribution in [2.45, 2.75) is 57.6 Å². The summed E-state index contributed by atoms with van der Waals surface area (Å²) >= 11 is 19.2. The Morgan fingerprint density at radius 3 is 1.98 bits per heavy atom. The van der Waals surface area contributed by atoms with E-state index in [9.17, 15) is 18.0 Å². The molecular weight excluding hydrogens is 593 g/mol. The van der Waals surface area contributed by atoms with E-state index < -0.39 is 40.0 Å². The van der Waals surface area contributed by atoms with Gasteiger partial charge < -0.3 is 10.2 Å². The molecule has 1 atom stereocenters. The molecule has 7 nitrogen and oxygen atoms in total. The van der Waals surface area contributed by atoms with Gasteiger partial charge in [-0.15, -0.1) is 0 Å². The Labute approximate surface area is 251 Å². The lowest BCUT2D eigenvalue weighted by molar-refractivity contribution is -0.140. The SMILES string of the molecule is Cc1ccc(S(=O)(=O)N(CC(=O)N(Cc2c(Cl)cccc2Cl)[C@@H](C)C(=O)NC(C)(C)C)c2ccccc2Cl)cc1. The van der Waals surface area contributed by atoms with E-state index in [1.807, 2.05) is 27.7 Å². The third-order valence-electron chi connectivity index (χ3n) is 6.06. The number of carbonyl (C=O) groups excluding carboxylic acids is 2. The van der Waals surface area contributed by atoms with Crippen molar-refractivity contribution < 1.29 is 18.0 Å². The summed E-state index contributed by atoms with van der Waals surface area (Å²) in [5.41, 5.74) is 0.863. The highest BCUT2D eigenvalue weighted by Crippen LogP contribution is 2.32. The second-order valence-corrected chi connectivity index (χ2v) is 13.5. The molecule has 40 heavy (non-hydrogen) atoms. The largest absolute Gasteiger partial charge is 0.350 e. The zero-order valence-corrected chi connectivity index (χ0v) is 26.0. The molecule has 214 valence electrons. The van der Waals surface area contributed by atoms with Gasteiger partial charge in [0, 0.05) is 27.7 Å². The van der Waals surface area contributed by atoms with Crippen molar-refractivity contribution in [3.05, 3.63) is 92.9 Å². The number of para-hydroxylation sites is 1. The van der Waals surface area contributed by atoms with Crippen molar-refractivity contribution in [3.8, 4) is 0 Å². The highest BCUT2D eigenvalue weighted by atomic mass is 35.5. The molecule has 0 spiro atoms. The van der Waals surface area contributed by atoms with Gasteiger partial charge in [0.05, 0.1) is 15.6 Å². The summed E-state index contributed by atoms with van der Waals surface area (Å²) in [7, 11) is -4.24. The van der Waals surface area contributed by atoms with Crippen molar-refractivity contribution in [2.75, 3.05) is 10.8 Å². The van der Waals surface area contributed by atoms with Crippen molar-refractivity contribution in [1.82, 2.24) is 10.2 Å². The van der Waals surface area contributed by atoms with Crippen LogP contribution in [-0.2, 0) is 26.2 Å². The van der Waals surface area contributed by atoms with Crippen LogP contribution in [0.2, 0.25) is 15.1 Å². The van der Waals surface area contributed by atoms with Gasteiger partial charge in [0.2, 0.25) is 11.8 Å². The first-order valence-corrected chi connectivity index (χ1v) is 15.1. The van der Waals surface area contributed by atoms with E-state index in [4.69, 9.17) is 34.8 Å². The number of benzene rings is 3. The van der Waals surface area contributed by atoms with Gasteiger partial charge in [-0.3, -0.25) is 13.9 Å². The number of nitrogens with zero attached hydrogens (tertiary/aromatic N) is 2. The maximum absolute atomic E-state index is 14.0. The van der Waals surface area contributed by atoms with E-state index in [0.717, 1.165) is 9.87 Å². The Balaban J connectivity index is 2.09. The number of nitrogens with one attached hydrogen (secondary N) is 1. The fourth-order valence-corrected chi connectivity index (χ4v) is 6.15. The first-order chi connectivity index (χ1) is 18.6. The number of sulfonamides is 1. The van der Waals surface area contributed by atoms with Crippen LogP contribution in [0.4, 0.5) is 5.69 Å². The lowest BCUT2D eigenvalue weighted by atomic mass is 10.1. The summed E-state index contributed by atoms with van der Waals surface area (Å²) in [4.78, 5) is 28.5. The summed E-state index contributed by atoms with van der Waals surface area (Å²) in [6.07, 6.45) is 0. The topological polar surface area (TPSA) is 86.8 Å². The monoisotopic (exact) mass is 623 g/mol. The Morgan fingerprint density at radius 1 is 0.875 bits per heavy atom. The number of anilines is 1. The standard InChI is InChI=1S/C29H32Cl3N3O4S/c1-19-13-15-21(16-14-19)40(38,39)35(26-12-7-6-9-25(26)32)18-27(36)34(20(2)28(37)33-29(3,4)5)17-22-23(30)10-8-11-24(22)31/h6-16,20H,17-18H2,1-5H3,(H,33,37)/t20-/m0/s1. The molecule has 3 aromatic carbocycles. The lowest BCUT2D eigenvalue weighted by Crippen LogP contribution is -2.54.